The number of amides is 2. The van der Waals surface area contributed by atoms with Crippen LogP contribution in [0.4, 0.5) is 10.6 Å². The van der Waals surface area contributed by atoms with E-state index < -0.39 is 5.60 Å². The third kappa shape index (κ3) is 3.92. The topological polar surface area (TPSA) is 97.5 Å². The van der Waals surface area contributed by atoms with Gasteiger partial charge in [0.2, 0.25) is 0 Å². The zero-order valence-electron chi connectivity index (χ0n) is 16.4. The predicted molar refractivity (Wildman–Crippen MR) is 109 cm³/mol. The van der Waals surface area contributed by atoms with Crippen molar-refractivity contribution in [3.63, 3.8) is 0 Å². The highest BCUT2D eigenvalue weighted by molar-refractivity contribution is 7.20. The Hall–Kier alpha value is -2.35. The number of rotatable bonds is 4. The largest absolute Gasteiger partial charge is 0.444 e. The number of piperidine rings is 1. The fourth-order valence-electron chi connectivity index (χ4n) is 4.07. The normalized spacial score (nSPS) is 23.5. The first-order chi connectivity index (χ1) is 13.2. The van der Waals surface area contributed by atoms with Crippen LogP contribution in [0.3, 0.4) is 0 Å². The average Bonchev–Trinajstić information content (AvgIpc) is 2.99. The third-order valence-electron chi connectivity index (χ3n) is 5.44. The molecule has 2 aliphatic rings. The van der Waals surface area contributed by atoms with E-state index in [2.05, 4.69) is 10.3 Å². The first kappa shape index (κ1) is 19.0. The lowest BCUT2D eigenvalue weighted by Crippen LogP contribution is -2.37. The zero-order valence-corrected chi connectivity index (χ0v) is 17.2. The molecule has 1 saturated carbocycles. The van der Waals surface area contributed by atoms with Crippen LogP contribution in [-0.4, -0.2) is 47.1 Å². The lowest BCUT2D eigenvalue weighted by molar-refractivity contribution is 0.0265. The Morgan fingerprint density at radius 1 is 1.32 bits per heavy atom. The quantitative estimate of drug-likeness (QED) is 0.819. The van der Waals surface area contributed by atoms with Crippen molar-refractivity contribution in [1.82, 2.24) is 15.2 Å². The van der Waals surface area contributed by atoms with E-state index in [-0.39, 0.29) is 12.0 Å². The lowest BCUT2D eigenvalue weighted by Gasteiger charge is -2.25. The van der Waals surface area contributed by atoms with Crippen LogP contribution in [0.1, 0.15) is 36.9 Å². The predicted octanol–water partition coefficient (Wildman–Crippen LogP) is 3.11. The molecule has 7 nitrogen and oxygen atoms in total. The lowest BCUT2D eigenvalue weighted by atomic mass is 10.2. The minimum Gasteiger partial charge on any atom is -0.444 e. The van der Waals surface area contributed by atoms with Crippen molar-refractivity contribution in [2.45, 2.75) is 32.8 Å². The van der Waals surface area contributed by atoms with Crippen LogP contribution in [0.15, 0.2) is 18.3 Å². The molecule has 0 aromatic carbocycles. The van der Waals surface area contributed by atoms with Gasteiger partial charge in [-0.2, -0.15) is 0 Å². The summed E-state index contributed by atoms with van der Waals surface area (Å²) in [6, 6.07) is 3.64. The highest BCUT2D eigenvalue weighted by Gasteiger charge is 2.56. The van der Waals surface area contributed by atoms with Crippen molar-refractivity contribution in [2.75, 3.05) is 25.4 Å². The van der Waals surface area contributed by atoms with Crippen molar-refractivity contribution < 1.29 is 14.3 Å². The average molecular weight is 403 g/mol. The Bertz CT molecular complexity index is 908. The Balaban J connectivity index is 1.22. The molecule has 150 valence electrons. The molecule has 1 aliphatic heterocycles. The van der Waals surface area contributed by atoms with E-state index in [0.717, 1.165) is 29.6 Å². The van der Waals surface area contributed by atoms with Gasteiger partial charge in [-0.3, -0.25) is 4.79 Å². The number of carbonyl (C=O) groups excluding carboxylic acids is 2. The number of carbonyl (C=O) groups is 2. The van der Waals surface area contributed by atoms with Gasteiger partial charge in [0, 0.05) is 25.8 Å². The van der Waals surface area contributed by atoms with Crippen molar-refractivity contribution in [3.8, 4) is 0 Å². The van der Waals surface area contributed by atoms with Crippen molar-refractivity contribution in [3.05, 3.63) is 23.2 Å². The molecule has 0 spiro atoms. The molecule has 2 atom stereocenters. The fourth-order valence-corrected chi connectivity index (χ4v) is 5.00. The monoisotopic (exact) mass is 402 g/mol. The molecule has 2 aromatic rings. The van der Waals surface area contributed by atoms with Gasteiger partial charge in [-0.25, -0.2) is 9.78 Å². The summed E-state index contributed by atoms with van der Waals surface area (Å²) in [5.74, 6) is 2.08. The van der Waals surface area contributed by atoms with Crippen molar-refractivity contribution >= 4 is 39.2 Å². The van der Waals surface area contributed by atoms with Gasteiger partial charge < -0.3 is 20.7 Å². The number of pyridine rings is 1. The standard InChI is InChI=1S/C20H26N4O3S/c1-20(2,3)27-19(26)24-9-13-12(14(13)10-24)4-5-22-18(25)15-6-11-7-17(21)23-8-16(11)28-15/h6-8,12-14H,4-5,9-10H2,1-3H3,(H2,21,23)(H,22,25). The molecule has 0 bridgehead atoms. The van der Waals surface area contributed by atoms with Crippen LogP contribution in [0, 0.1) is 17.8 Å². The first-order valence-corrected chi connectivity index (χ1v) is 10.4. The molecule has 2 amide bonds. The van der Waals surface area contributed by atoms with E-state index in [0.29, 0.717) is 35.0 Å². The van der Waals surface area contributed by atoms with Gasteiger partial charge in [-0.05, 0) is 62.5 Å². The first-order valence-electron chi connectivity index (χ1n) is 9.62. The maximum absolute atomic E-state index is 12.4. The molecule has 28 heavy (non-hydrogen) atoms. The molecule has 1 aliphatic carbocycles. The van der Waals surface area contributed by atoms with Gasteiger partial charge in [-0.15, -0.1) is 11.3 Å². The number of likely N-dealkylation sites (tertiary alicyclic amines) is 1. The van der Waals surface area contributed by atoms with Crippen LogP contribution in [0.2, 0.25) is 0 Å². The van der Waals surface area contributed by atoms with Gasteiger partial charge >= 0.3 is 6.09 Å². The Morgan fingerprint density at radius 2 is 2.04 bits per heavy atom. The summed E-state index contributed by atoms with van der Waals surface area (Å²) < 4.78 is 6.40. The number of nitrogens with one attached hydrogen (secondary N) is 1. The smallest absolute Gasteiger partial charge is 0.410 e. The van der Waals surface area contributed by atoms with E-state index >= 15 is 0 Å². The molecule has 3 heterocycles. The summed E-state index contributed by atoms with van der Waals surface area (Å²) in [6.07, 6.45) is 2.43. The zero-order chi connectivity index (χ0) is 20.1. The second kappa shape index (κ2) is 6.92. The SMILES string of the molecule is CC(C)(C)OC(=O)N1CC2C(CCNC(=O)c3cc4cc(N)ncc4s3)C2C1. The van der Waals surface area contributed by atoms with Gasteiger partial charge in [0.05, 0.1) is 9.58 Å². The highest BCUT2D eigenvalue weighted by atomic mass is 32.1. The Kier molecular flexibility index (Phi) is 4.69. The maximum atomic E-state index is 12.4. The van der Waals surface area contributed by atoms with Crippen LogP contribution < -0.4 is 11.1 Å². The number of hydrogen-bond donors (Lipinski definition) is 2. The summed E-state index contributed by atoms with van der Waals surface area (Å²) in [5.41, 5.74) is 5.24. The number of nitrogens with zero attached hydrogens (tertiary/aromatic N) is 2. The number of ether oxygens (including phenoxy) is 1. The van der Waals surface area contributed by atoms with E-state index in [9.17, 15) is 9.59 Å². The van der Waals surface area contributed by atoms with Gasteiger partial charge in [0.15, 0.2) is 0 Å². The van der Waals surface area contributed by atoms with Crippen LogP contribution >= 0.6 is 11.3 Å². The molecule has 0 radical (unpaired) electrons. The number of thiophene rings is 1. The third-order valence-corrected chi connectivity index (χ3v) is 6.52. The number of aromatic nitrogens is 1. The van der Waals surface area contributed by atoms with Crippen LogP contribution in [0.25, 0.3) is 10.1 Å². The molecule has 1 saturated heterocycles. The molecule has 2 fully saturated rings. The van der Waals surface area contributed by atoms with Crippen molar-refractivity contribution in [1.29, 1.82) is 0 Å². The second-order valence-corrected chi connectivity index (χ2v) is 9.76. The molecule has 8 heteroatoms. The van der Waals surface area contributed by atoms with Crippen LogP contribution in [-0.2, 0) is 4.74 Å². The maximum Gasteiger partial charge on any atom is 0.410 e. The molecule has 3 N–H and O–H groups in total. The van der Waals surface area contributed by atoms with Gasteiger partial charge in [-0.1, -0.05) is 0 Å². The summed E-state index contributed by atoms with van der Waals surface area (Å²) in [6.45, 7) is 7.84. The van der Waals surface area contributed by atoms with Crippen LogP contribution in [0.5, 0.6) is 0 Å². The molecular formula is C20H26N4O3S. The van der Waals surface area contributed by atoms with E-state index in [1.54, 1.807) is 12.3 Å². The fraction of sp³-hybridized carbons (Fsp3) is 0.550. The summed E-state index contributed by atoms with van der Waals surface area (Å²) >= 11 is 1.43. The highest BCUT2D eigenvalue weighted by Crippen LogP contribution is 2.53. The number of hydrogen-bond acceptors (Lipinski definition) is 6. The molecule has 2 aromatic heterocycles. The summed E-state index contributed by atoms with van der Waals surface area (Å²) in [7, 11) is 0. The number of nitrogens with two attached hydrogens (primary N) is 1. The number of fused-ring (bicyclic) bond motifs is 2. The van der Waals surface area contributed by atoms with E-state index in [4.69, 9.17) is 10.5 Å². The molecule has 2 unspecified atom stereocenters. The van der Waals surface area contributed by atoms with E-state index in [1.165, 1.54) is 11.3 Å². The van der Waals surface area contributed by atoms with Gasteiger partial charge in [0.25, 0.3) is 5.91 Å². The Labute approximate surface area is 168 Å². The van der Waals surface area contributed by atoms with Crippen molar-refractivity contribution in [2.24, 2.45) is 17.8 Å². The minimum absolute atomic E-state index is 0.0547. The van der Waals surface area contributed by atoms with E-state index in [1.807, 2.05) is 31.7 Å². The summed E-state index contributed by atoms with van der Waals surface area (Å²) in [4.78, 5) is 31.1. The minimum atomic E-state index is -0.456. The summed E-state index contributed by atoms with van der Waals surface area (Å²) in [5, 5.41) is 3.96. The Morgan fingerprint density at radius 3 is 2.71 bits per heavy atom. The molecular weight excluding hydrogens is 376 g/mol. The molecule has 4 rings (SSSR count). The van der Waals surface area contributed by atoms with Gasteiger partial charge in [0.1, 0.15) is 11.4 Å². The number of anilines is 1. The number of nitrogen functional groups attached to an aromatic ring is 1. The second-order valence-electron chi connectivity index (χ2n) is 8.68.